The molecule has 1 amide bonds. The number of rotatable bonds is 10. The van der Waals surface area contributed by atoms with Gasteiger partial charge in [-0.05, 0) is 66.0 Å². The van der Waals surface area contributed by atoms with Crippen molar-refractivity contribution in [2.24, 2.45) is 0 Å². The number of hydrogen-bond donors (Lipinski definition) is 2. The minimum Gasteiger partial charge on any atom is -0.325 e. The van der Waals surface area contributed by atoms with Crippen LogP contribution in [0.5, 0.6) is 0 Å². The van der Waals surface area contributed by atoms with Crippen molar-refractivity contribution in [2.45, 2.75) is 36.2 Å². The molecule has 0 aliphatic heterocycles. The van der Waals surface area contributed by atoms with Gasteiger partial charge in [-0.15, -0.1) is 5.10 Å². The monoisotopic (exact) mass is 472 g/mol. The first-order valence-electron chi connectivity index (χ1n) is 10.2. The summed E-state index contributed by atoms with van der Waals surface area (Å²) in [4.78, 5) is 13.1. The average molecular weight is 473 g/mol. The van der Waals surface area contributed by atoms with Gasteiger partial charge < -0.3 is 5.32 Å². The number of nitrogens with zero attached hydrogens (tertiary/aromatic N) is 4. The molecular weight excluding hydrogens is 448 g/mol. The lowest BCUT2D eigenvalue weighted by Gasteiger charge is -2.18. The predicted octanol–water partition coefficient (Wildman–Crippen LogP) is 2.71. The molecule has 2 aromatic carbocycles. The average Bonchev–Trinajstić information content (AvgIpc) is 3.53. The van der Waals surface area contributed by atoms with Crippen LogP contribution in [-0.2, 0) is 14.8 Å². The summed E-state index contributed by atoms with van der Waals surface area (Å²) in [6.07, 6.45) is 4.37. The van der Waals surface area contributed by atoms with Gasteiger partial charge in [0.25, 0.3) is 0 Å². The Morgan fingerprint density at radius 2 is 1.97 bits per heavy atom. The summed E-state index contributed by atoms with van der Waals surface area (Å²) in [6, 6.07) is 14.7. The third-order valence-electron chi connectivity index (χ3n) is 5.05. The van der Waals surface area contributed by atoms with Crippen LogP contribution in [0, 0.1) is 0 Å². The first-order valence-corrected chi connectivity index (χ1v) is 13.1. The number of tetrazole rings is 1. The van der Waals surface area contributed by atoms with E-state index in [4.69, 9.17) is 0 Å². The molecule has 3 aromatic rings. The number of nitrogens with one attached hydrogen (secondary N) is 2. The first-order chi connectivity index (χ1) is 15.5. The van der Waals surface area contributed by atoms with Crippen LogP contribution >= 0.6 is 11.8 Å². The van der Waals surface area contributed by atoms with E-state index in [1.807, 2.05) is 18.4 Å². The molecule has 168 valence electrons. The van der Waals surface area contributed by atoms with Crippen molar-refractivity contribution in [3.05, 3.63) is 54.6 Å². The zero-order valence-electron chi connectivity index (χ0n) is 17.5. The fourth-order valence-electron chi connectivity index (χ4n) is 3.25. The molecule has 32 heavy (non-hydrogen) atoms. The van der Waals surface area contributed by atoms with E-state index in [1.54, 1.807) is 46.8 Å². The maximum atomic E-state index is 13.0. The van der Waals surface area contributed by atoms with Gasteiger partial charge in [-0.1, -0.05) is 30.3 Å². The molecular formula is C21H24N6O3S2. The highest BCUT2D eigenvalue weighted by molar-refractivity contribution is 7.98. The van der Waals surface area contributed by atoms with Crippen LogP contribution in [0.3, 0.4) is 0 Å². The SMILES string of the molecule is CSCCC(NS(=O)(=O)c1ccccc1)C(=O)Nc1cccc(-c2nnnn2C2CC2)c1. The molecule has 0 spiro atoms. The summed E-state index contributed by atoms with van der Waals surface area (Å²) in [5, 5.41) is 14.8. The number of benzene rings is 2. The van der Waals surface area contributed by atoms with Gasteiger partial charge in [0.05, 0.1) is 10.9 Å². The van der Waals surface area contributed by atoms with Crippen LogP contribution < -0.4 is 10.0 Å². The Hall–Kier alpha value is -2.76. The summed E-state index contributed by atoms with van der Waals surface area (Å²) >= 11 is 1.55. The molecule has 1 fully saturated rings. The smallest absolute Gasteiger partial charge is 0.242 e. The molecule has 2 N–H and O–H groups in total. The Bertz CT molecular complexity index is 1180. The van der Waals surface area contributed by atoms with Crippen LogP contribution in [-0.4, -0.2) is 52.6 Å². The second-order valence-corrected chi connectivity index (χ2v) is 10.2. The number of amides is 1. The van der Waals surface area contributed by atoms with Crippen molar-refractivity contribution in [3.8, 4) is 11.4 Å². The molecule has 0 saturated heterocycles. The van der Waals surface area contributed by atoms with Crippen LogP contribution in [0.25, 0.3) is 11.4 Å². The molecule has 0 bridgehead atoms. The molecule has 1 aromatic heterocycles. The highest BCUT2D eigenvalue weighted by Gasteiger charge is 2.29. The third kappa shape index (κ3) is 5.34. The molecule has 0 radical (unpaired) electrons. The fraction of sp³-hybridized carbons (Fsp3) is 0.333. The number of carbonyl (C=O) groups excluding carboxylic acids is 1. The van der Waals surface area contributed by atoms with Gasteiger partial charge in [0, 0.05) is 11.3 Å². The van der Waals surface area contributed by atoms with E-state index >= 15 is 0 Å². The maximum absolute atomic E-state index is 13.0. The summed E-state index contributed by atoms with van der Waals surface area (Å²) in [5.41, 5.74) is 1.33. The van der Waals surface area contributed by atoms with Crippen molar-refractivity contribution in [1.82, 2.24) is 24.9 Å². The van der Waals surface area contributed by atoms with E-state index in [-0.39, 0.29) is 4.90 Å². The minimum absolute atomic E-state index is 0.121. The molecule has 9 nitrogen and oxygen atoms in total. The van der Waals surface area contributed by atoms with E-state index < -0.39 is 22.0 Å². The Morgan fingerprint density at radius 1 is 1.19 bits per heavy atom. The standard InChI is InChI=1S/C21H24N6O3S2/c1-31-13-12-19(24-32(29,30)18-8-3-2-4-9-18)21(28)22-16-7-5-6-15(14-16)20-23-25-26-27(20)17-10-11-17/h2-9,14,17,19,24H,10-13H2,1H3,(H,22,28). The van der Waals surface area contributed by atoms with Crippen LogP contribution in [0.4, 0.5) is 5.69 Å². The number of aromatic nitrogens is 4. The Balaban J connectivity index is 1.51. The first kappa shape index (κ1) is 22.4. The summed E-state index contributed by atoms with van der Waals surface area (Å²) in [6.45, 7) is 0. The molecule has 1 atom stereocenters. The van der Waals surface area contributed by atoms with Crippen LogP contribution in [0.2, 0.25) is 0 Å². The number of anilines is 1. The van der Waals surface area contributed by atoms with Crippen molar-refractivity contribution >= 4 is 33.4 Å². The van der Waals surface area contributed by atoms with Gasteiger partial charge in [0.15, 0.2) is 5.82 Å². The lowest BCUT2D eigenvalue weighted by Crippen LogP contribution is -2.44. The van der Waals surface area contributed by atoms with Crippen molar-refractivity contribution in [3.63, 3.8) is 0 Å². The molecule has 1 saturated carbocycles. The molecule has 4 rings (SSSR count). The Morgan fingerprint density at radius 3 is 2.69 bits per heavy atom. The molecule has 11 heteroatoms. The van der Waals surface area contributed by atoms with Gasteiger partial charge in [0.1, 0.15) is 6.04 Å². The molecule has 1 unspecified atom stereocenters. The molecule has 1 aliphatic rings. The van der Waals surface area contributed by atoms with E-state index in [0.29, 0.717) is 29.7 Å². The van der Waals surface area contributed by atoms with Crippen molar-refractivity contribution in [2.75, 3.05) is 17.3 Å². The lowest BCUT2D eigenvalue weighted by atomic mass is 10.1. The zero-order valence-corrected chi connectivity index (χ0v) is 19.1. The quantitative estimate of drug-likeness (QED) is 0.466. The largest absolute Gasteiger partial charge is 0.325 e. The summed E-state index contributed by atoms with van der Waals surface area (Å²) < 4.78 is 29.9. The fourth-order valence-corrected chi connectivity index (χ4v) is 4.97. The Labute approximate surface area is 191 Å². The summed E-state index contributed by atoms with van der Waals surface area (Å²) in [7, 11) is -3.83. The van der Waals surface area contributed by atoms with Crippen molar-refractivity contribution in [1.29, 1.82) is 0 Å². The zero-order chi connectivity index (χ0) is 22.6. The normalized spacial score (nSPS) is 14.8. The number of hydrogen-bond acceptors (Lipinski definition) is 7. The van der Waals surface area contributed by atoms with Crippen LogP contribution in [0.15, 0.2) is 59.5 Å². The Kier molecular flexibility index (Phi) is 6.87. The van der Waals surface area contributed by atoms with Gasteiger partial charge >= 0.3 is 0 Å². The lowest BCUT2D eigenvalue weighted by molar-refractivity contribution is -0.117. The maximum Gasteiger partial charge on any atom is 0.242 e. The minimum atomic E-state index is -3.83. The number of thioether (sulfide) groups is 1. The van der Waals surface area contributed by atoms with E-state index in [2.05, 4.69) is 25.6 Å². The highest BCUT2D eigenvalue weighted by atomic mass is 32.2. The topological polar surface area (TPSA) is 119 Å². The van der Waals surface area contributed by atoms with Gasteiger partial charge in [-0.3, -0.25) is 4.79 Å². The van der Waals surface area contributed by atoms with Crippen LogP contribution in [0.1, 0.15) is 25.3 Å². The van der Waals surface area contributed by atoms with Gasteiger partial charge in [0.2, 0.25) is 15.9 Å². The third-order valence-corrected chi connectivity index (χ3v) is 7.18. The van der Waals surface area contributed by atoms with Crippen molar-refractivity contribution < 1.29 is 13.2 Å². The van der Waals surface area contributed by atoms with Gasteiger partial charge in [-0.25, -0.2) is 13.1 Å². The summed E-state index contributed by atoms with van der Waals surface area (Å²) in [5.74, 6) is 0.857. The van der Waals surface area contributed by atoms with E-state index in [9.17, 15) is 13.2 Å². The predicted molar refractivity (Wildman–Crippen MR) is 124 cm³/mol. The molecule has 1 heterocycles. The van der Waals surface area contributed by atoms with Gasteiger partial charge in [-0.2, -0.15) is 16.5 Å². The second-order valence-electron chi connectivity index (χ2n) is 7.52. The number of carbonyl (C=O) groups is 1. The van der Waals surface area contributed by atoms with E-state index in [1.165, 1.54) is 12.1 Å². The second kappa shape index (κ2) is 9.80. The molecule has 1 aliphatic carbocycles. The number of sulfonamides is 1. The van der Waals surface area contributed by atoms with E-state index in [0.717, 1.165) is 18.4 Å². The highest BCUT2D eigenvalue weighted by Crippen LogP contribution is 2.36.